The van der Waals surface area contributed by atoms with E-state index < -0.39 is 26.1 Å². The summed E-state index contributed by atoms with van der Waals surface area (Å²) < 4.78 is 36.1. The summed E-state index contributed by atoms with van der Waals surface area (Å²) in [5.41, 5.74) is -1.07. The molecule has 0 aromatic carbocycles. The van der Waals surface area contributed by atoms with Crippen LogP contribution in [0.5, 0.6) is 0 Å². The average Bonchev–Trinajstić information content (AvgIpc) is 2.58. The second kappa shape index (κ2) is 5.46. The third-order valence-electron chi connectivity index (χ3n) is 5.25. The highest BCUT2D eigenvalue weighted by Crippen LogP contribution is 2.64. The molecule has 0 aromatic rings. The molecule has 0 saturated heterocycles. The van der Waals surface area contributed by atoms with E-state index in [0.717, 1.165) is 6.42 Å². The summed E-state index contributed by atoms with van der Waals surface area (Å²) in [6.45, 7) is 7.73. The van der Waals surface area contributed by atoms with Crippen LogP contribution in [0.1, 0.15) is 47.0 Å². The van der Waals surface area contributed by atoms with Gasteiger partial charge in [0.05, 0.1) is 17.3 Å². The second-order valence-corrected chi connectivity index (χ2v) is 12.2. The van der Waals surface area contributed by atoms with Crippen LogP contribution in [0.3, 0.4) is 0 Å². The minimum Gasteiger partial charge on any atom is -0.299 e. The Morgan fingerprint density at radius 2 is 1.86 bits per heavy atom. The first kappa shape index (κ1) is 18.2. The number of fused-ring (bicyclic) bond motifs is 2. The van der Waals surface area contributed by atoms with Crippen molar-refractivity contribution < 1.29 is 21.0 Å². The van der Waals surface area contributed by atoms with Crippen molar-refractivity contribution in [1.29, 1.82) is 0 Å². The van der Waals surface area contributed by atoms with Crippen molar-refractivity contribution in [3.8, 4) is 0 Å². The highest BCUT2D eigenvalue weighted by atomic mass is 32.3. The third-order valence-corrected chi connectivity index (χ3v) is 9.09. The van der Waals surface area contributed by atoms with Crippen LogP contribution in [0.2, 0.25) is 0 Å². The summed E-state index contributed by atoms with van der Waals surface area (Å²) in [6, 6.07) is 0. The number of hydrogen-bond donors (Lipinski definition) is 0. The van der Waals surface area contributed by atoms with Crippen molar-refractivity contribution in [1.82, 2.24) is 0 Å². The molecule has 130 valence electrons. The molecule has 0 spiro atoms. The normalized spacial score (nSPS) is 32.0. The van der Waals surface area contributed by atoms with E-state index in [1.165, 1.54) is 0 Å². The Morgan fingerprint density at radius 1 is 1.27 bits per heavy atom. The topological polar surface area (TPSA) is 69.7 Å². The third kappa shape index (κ3) is 3.09. The smallest absolute Gasteiger partial charge is 0.286 e. The summed E-state index contributed by atoms with van der Waals surface area (Å²) >= 11 is 0. The molecule has 0 amide bonds. The van der Waals surface area contributed by atoms with E-state index in [9.17, 15) is 13.2 Å². The lowest BCUT2D eigenvalue weighted by atomic mass is 9.70. The molecule has 0 N–H and O–H groups in total. The van der Waals surface area contributed by atoms with E-state index in [0.29, 0.717) is 18.8 Å². The van der Waals surface area contributed by atoms with Crippen molar-refractivity contribution in [3.63, 3.8) is 0 Å². The van der Waals surface area contributed by atoms with Gasteiger partial charge in [-0.2, -0.15) is 22.6 Å². The molecule has 2 atom stereocenters. The molecule has 2 bridgehead atoms. The van der Waals surface area contributed by atoms with Crippen LogP contribution >= 0.6 is 10.6 Å². The van der Waals surface area contributed by atoms with Crippen LogP contribution < -0.4 is 0 Å². The quantitative estimate of drug-likeness (QED) is 0.735. The minimum atomic E-state index is -3.82. The van der Waals surface area contributed by atoms with E-state index in [1.54, 1.807) is 12.5 Å². The highest BCUT2D eigenvalue weighted by Gasteiger charge is 2.65. The van der Waals surface area contributed by atoms with Gasteiger partial charge in [-0.15, -0.1) is 0 Å². The Balaban J connectivity index is 2.20. The maximum absolute atomic E-state index is 12.6. The standard InChI is InChI=1S/C15H28O5S2/c1-11(2)19-21(5,6)20-22(17,18)10-15-8-7-12(9-13(15)16)14(15,3)4/h11-12H,7-10H2,1-6H3. The van der Waals surface area contributed by atoms with Gasteiger partial charge < -0.3 is 0 Å². The lowest BCUT2D eigenvalue weighted by Crippen LogP contribution is -2.42. The zero-order valence-electron chi connectivity index (χ0n) is 14.3. The maximum atomic E-state index is 12.6. The summed E-state index contributed by atoms with van der Waals surface area (Å²) in [6.07, 6.45) is 5.29. The Morgan fingerprint density at radius 3 is 2.27 bits per heavy atom. The second-order valence-electron chi connectivity index (χ2n) is 7.72. The predicted octanol–water partition coefficient (Wildman–Crippen LogP) is 3.05. The molecule has 0 aliphatic heterocycles. The van der Waals surface area contributed by atoms with Gasteiger partial charge in [-0.05, 0) is 38.0 Å². The predicted molar refractivity (Wildman–Crippen MR) is 89.1 cm³/mol. The molecule has 2 aliphatic carbocycles. The number of Topliss-reactive ketones (excluding diaryl/α,β-unsaturated/α-hetero) is 1. The van der Waals surface area contributed by atoms with Gasteiger partial charge in [0, 0.05) is 18.9 Å². The lowest BCUT2D eigenvalue weighted by Gasteiger charge is -2.39. The zero-order valence-corrected chi connectivity index (χ0v) is 16.0. The monoisotopic (exact) mass is 352 g/mol. The fourth-order valence-electron chi connectivity index (χ4n) is 4.16. The summed E-state index contributed by atoms with van der Waals surface area (Å²) in [5, 5.41) is 0. The van der Waals surface area contributed by atoms with Crippen molar-refractivity contribution >= 4 is 26.5 Å². The molecule has 5 nitrogen and oxygen atoms in total. The molecule has 0 aromatic heterocycles. The number of ketones is 1. The van der Waals surface area contributed by atoms with Gasteiger partial charge >= 0.3 is 0 Å². The van der Waals surface area contributed by atoms with Crippen LogP contribution in [-0.4, -0.2) is 38.6 Å². The van der Waals surface area contributed by atoms with Crippen LogP contribution in [0.25, 0.3) is 0 Å². The van der Waals surface area contributed by atoms with E-state index in [-0.39, 0.29) is 23.1 Å². The van der Waals surface area contributed by atoms with Crippen LogP contribution in [-0.2, 0) is 22.7 Å². The molecule has 2 saturated carbocycles. The van der Waals surface area contributed by atoms with Gasteiger partial charge in [-0.1, -0.05) is 13.8 Å². The number of rotatable bonds is 6. The molecule has 2 aliphatic rings. The van der Waals surface area contributed by atoms with E-state index >= 15 is 0 Å². The molecular weight excluding hydrogens is 324 g/mol. The molecular formula is C15H28O5S2. The van der Waals surface area contributed by atoms with Crippen molar-refractivity contribution in [2.75, 3.05) is 18.3 Å². The maximum Gasteiger partial charge on any atom is 0.286 e. The zero-order chi connectivity index (χ0) is 17.0. The molecule has 2 fully saturated rings. The largest absolute Gasteiger partial charge is 0.299 e. The van der Waals surface area contributed by atoms with E-state index in [1.807, 2.05) is 27.7 Å². The lowest BCUT2D eigenvalue weighted by molar-refractivity contribution is -0.128. The first-order valence-electron chi connectivity index (χ1n) is 7.70. The average molecular weight is 353 g/mol. The highest BCUT2D eigenvalue weighted by molar-refractivity contribution is 8.28. The SMILES string of the molecule is CC(C)OS(C)(C)OS(=O)(=O)CC12CCC(CC1=O)C2(C)C. The molecule has 2 rings (SSSR count). The van der Waals surface area contributed by atoms with Gasteiger partial charge in [-0.25, -0.2) is 0 Å². The van der Waals surface area contributed by atoms with Crippen LogP contribution in [0.4, 0.5) is 0 Å². The Bertz CT molecular complexity index is 564. The molecule has 7 heteroatoms. The van der Waals surface area contributed by atoms with Gasteiger partial charge in [0.15, 0.2) is 0 Å². The molecule has 2 unspecified atom stereocenters. The molecule has 0 heterocycles. The number of carbonyl (C=O) groups excluding carboxylic acids is 1. The Kier molecular flexibility index (Phi) is 4.53. The fourth-order valence-corrected chi connectivity index (χ4v) is 8.69. The number of carbonyl (C=O) groups is 1. The molecule has 0 radical (unpaired) electrons. The van der Waals surface area contributed by atoms with E-state index in [2.05, 4.69) is 0 Å². The van der Waals surface area contributed by atoms with Crippen LogP contribution in [0, 0.1) is 16.7 Å². The van der Waals surface area contributed by atoms with Gasteiger partial charge in [0.1, 0.15) is 5.78 Å². The summed E-state index contributed by atoms with van der Waals surface area (Å²) in [5.74, 6) is 0.154. The fraction of sp³-hybridized carbons (Fsp3) is 0.933. The summed E-state index contributed by atoms with van der Waals surface area (Å²) in [7, 11) is -5.98. The van der Waals surface area contributed by atoms with Crippen molar-refractivity contribution in [2.24, 2.45) is 16.7 Å². The molecule has 22 heavy (non-hydrogen) atoms. The Hall–Kier alpha value is -0.110. The van der Waals surface area contributed by atoms with Gasteiger partial charge in [0.25, 0.3) is 10.1 Å². The van der Waals surface area contributed by atoms with E-state index in [4.69, 9.17) is 7.81 Å². The minimum absolute atomic E-state index is 0.0820. The Labute approximate surface area is 136 Å². The first-order valence-corrected chi connectivity index (χ1v) is 11.6. The van der Waals surface area contributed by atoms with Crippen LogP contribution in [0.15, 0.2) is 0 Å². The van der Waals surface area contributed by atoms with Crippen molar-refractivity contribution in [2.45, 2.75) is 53.1 Å². The summed E-state index contributed by atoms with van der Waals surface area (Å²) in [4.78, 5) is 12.4. The van der Waals surface area contributed by atoms with Gasteiger partial charge in [0.2, 0.25) is 0 Å². The van der Waals surface area contributed by atoms with Crippen molar-refractivity contribution in [3.05, 3.63) is 0 Å². The van der Waals surface area contributed by atoms with Gasteiger partial charge in [-0.3, -0.25) is 8.98 Å². The number of hydrogen-bond acceptors (Lipinski definition) is 5. The first-order chi connectivity index (χ1) is 9.81.